The van der Waals surface area contributed by atoms with Crippen molar-refractivity contribution < 1.29 is 14.3 Å². The van der Waals surface area contributed by atoms with Gasteiger partial charge in [0.05, 0.1) is 11.7 Å². The van der Waals surface area contributed by atoms with Gasteiger partial charge in [0.15, 0.2) is 0 Å². The van der Waals surface area contributed by atoms with Gasteiger partial charge in [0.1, 0.15) is 6.10 Å². The number of nitrogens with zero attached hydrogens (tertiary/aromatic N) is 1. The van der Waals surface area contributed by atoms with Crippen LogP contribution in [-0.4, -0.2) is 35.1 Å². The number of primary amides is 1. The van der Waals surface area contributed by atoms with E-state index >= 15 is 0 Å². The van der Waals surface area contributed by atoms with Crippen molar-refractivity contribution in [3.05, 3.63) is 23.0 Å². The van der Waals surface area contributed by atoms with E-state index in [1.165, 1.54) is 0 Å². The summed E-state index contributed by atoms with van der Waals surface area (Å²) in [6.45, 7) is 8.54. The Morgan fingerprint density at radius 3 is 2.59 bits per heavy atom. The van der Waals surface area contributed by atoms with Crippen molar-refractivity contribution >= 4 is 11.8 Å². The van der Waals surface area contributed by atoms with Gasteiger partial charge in [-0.2, -0.15) is 0 Å². The largest absolute Gasteiger partial charge is 0.367 e. The lowest BCUT2D eigenvalue weighted by Crippen LogP contribution is -2.34. The molecule has 0 unspecified atom stereocenters. The predicted octanol–water partition coefficient (Wildman–Crippen LogP) is 1.45. The maximum absolute atomic E-state index is 12.4. The number of hydrogen-bond donors (Lipinski definition) is 2. The molecule has 1 aliphatic rings. The van der Waals surface area contributed by atoms with Crippen molar-refractivity contribution in [2.45, 2.75) is 58.8 Å². The zero-order valence-electron chi connectivity index (χ0n) is 13.7. The maximum Gasteiger partial charge on any atom is 0.253 e. The van der Waals surface area contributed by atoms with Crippen molar-refractivity contribution in [1.82, 2.24) is 9.88 Å². The first-order chi connectivity index (χ1) is 10.3. The maximum atomic E-state index is 12.4. The van der Waals surface area contributed by atoms with Gasteiger partial charge in [-0.1, -0.05) is 0 Å². The first-order valence-electron chi connectivity index (χ1n) is 7.72. The molecule has 0 bridgehead atoms. The van der Waals surface area contributed by atoms with Crippen LogP contribution in [0.3, 0.4) is 0 Å². The van der Waals surface area contributed by atoms with Gasteiger partial charge in [0.2, 0.25) is 5.91 Å². The second-order valence-corrected chi connectivity index (χ2v) is 6.19. The van der Waals surface area contributed by atoms with Gasteiger partial charge in [-0.05, 0) is 46.6 Å². The third kappa shape index (κ3) is 3.32. The standard InChI is InChI=1S/C16H25N3O3/c1-9(2)19-10(3)7-13(11(19)4)16(21)18-8-12-5-6-14(22-12)15(17)20/h7,9,12,14H,5-6,8H2,1-4H3,(H2,17,20)(H,18,21)/t12-,14-/m0/s1. The summed E-state index contributed by atoms with van der Waals surface area (Å²) >= 11 is 0. The Labute approximate surface area is 131 Å². The van der Waals surface area contributed by atoms with Crippen LogP contribution in [0, 0.1) is 13.8 Å². The fourth-order valence-electron chi connectivity index (χ4n) is 3.17. The molecule has 6 heteroatoms. The molecule has 2 heterocycles. The van der Waals surface area contributed by atoms with E-state index in [0.29, 0.717) is 24.6 Å². The molecule has 0 aliphatic carbocycles. The van der Waals surface area contributed by atoms with E-state index in [1.807, 2.05) is 19.9 Å². The summed E-state index contributed by atoms with van der Waals surface area (Å²) in [6, 6.07) is 2.22. The fourth-order valence-corrected chi connectivity index (χ4v) is 3.17. The van der Waals surface area contributed by atoms with Crippen LogP contribution < -0.4 is 11.1 Å². The van der Waals surface area contributed by atoms with E-state index in [2.05, 4.69) is 23.7 Å². The summed E-state index contributed by atoms with van der Waals surface area (Å²) in [7, 11) is 0. The number of carbonyl (C=O) groups is 2. The Kier molecular flexibility index (Phi) is 4.90. The van der Waals surface area contributed by atoms with Crippen LogP contribution in [0.4, 0.5) is 0 Å². The molecule has 1 aromatic rings. The van der Waals surface area contributed by atoms with Crippen LogP contribution in [-0.2, 0) is 9.53 Å². The number of ether oxygens (including phenoxy) is 1. The van der Waals surface area contributed by atoms with E-state index < -0.39 is 12.0 Å². The molecule has 2 amide bonds. The number of rotatable bonds is 5. The summed E-state index contributed by atoms with van der Waals surface area (Å²) in [4.78, 5) is 23.4. The molecule has 3 N–H and O–H groups in total. The Balaban J connectivity index is 1.96. The predicted molar refractivity (Wildman–Crippen MR) is 83.7 cm³/mol. The Morgan fingerprint density at radius 2 is 2.09 bits per heavy atom. The molecule has 1 saturated heterocycles. The molecule has 1 aliphatic heterocycles. The van der Waals surface area contributed by atoms with Gasteiger partial charge in [0, 0.05) is 24.0 Å². The van der Waals surface area contributed by atoms with Gasteiger partial charge in [0.25, 0.3) is 5.91 Å². The average molecular weight is 307 g/mol. The van der Waals surface area contributed by atoms with Crippen LogP contribution >= 0.6 is 0 Å². The molecule has 2 rings (SSSR count). The molecule has 0 radical (unpaired) electrons. The van der Waals surface area contributed by atoms with Gasteiger partial charge in [-0.25, -0.2) is 0 Å². The zero-order chi connectivity index (χ0) is 16.4. The number of carbonyl (C=O) groups excluding carboxylic acids is 2. The molecule has 0 saturated carbocycles. The Morgan fingerprint density at radius 1 is 1.41 bits per heavy atom. The molecule has 6 nitrogen and oxygen atoms in total. The van der Waals surface area contributed by atoms with E-state index in [1.54, 1.807) is 0 Å². The second kappa shape index (κ2) is 6.52. The highest BCUT2D eigenvalue weighted by Gasteiger charge is 2.29. The van der Waals surface area contributed by atoms with Crippen molar-refractivity contribution in [3.8, 4) is 0 Å². The summed E-state index contributed by atoms with van der Waals surface area (Å²) in [5.74, 6) is -0.541. The first kappa shape index (κ1) is 16.5. The van der Waals surface area contributed by atoms with E-state index in [-0.39, 0.29) is 12.0 Å². The minimum atomic E-state index is -0.520. The lowest BCUT2D eigenvalue weighted by molar-refractivity contribution is -0.128. The number of hydrogen-bond acceptors (Lipinski definition) is 3. The van der Waals surface area contributed by atoms with Crippen LogP contribution in [0.25, 0.3) is 0 Å². The summed E-state index contributed by atoms with van der Waals surface area (Å²) in [6.07, 6.45) is 0.694. The minimum absolute atomic E-state index is 0.105. The molecule has 2 atom stereocenters. The highest BCUT2D eigenvalue weighted by molar-refractivity contribution is 5.95. The van der Waals surface area contributed by atoms with Crippen molar-refractivity contribution in [2.24, 2.45) is 5.73 Å². The van der Waals surface area contributed by atoms with E-state index in [0.717, 1.165) is 17.8 Å². The smallest absolute Gasteiger partial charge is 0.253 e. The SMILES string of the molecule is Cc1cc(C(=O)NC[C@@H]2CC[C@@H](C(N)=O)O2)c(C)n1C(C)C. The number of nitrogens with two attached hydrogens (primary N) is 1. The van der Waals surface area contributed by atoms with Crippen LogP contribution in [0.5, 0.6) is 0 Å². The van der Waals surface area contributed by atoms with Gasteiger partial charge in [-0.15, -0.1) is 0 Å². The molecule has 22 heavy (non-hydrogen) atoms. The Bertz CT molecular complexity index is 577. The van der Waals surface area contributed by atoms with Crippen LogP contribution in [0.2, 0.25) is 0 Å². The van der Waals surface area contributed by atoms with Gasteiger partial charge < -0.3 is 20.4 Å². The van der Waals surface area contributed by atoms with E-state index in [4.69, 9.17) is 10.5 Å². The van der Waals surface area contributed by atoms with Crippen LogP contribution in [0.1, 0.15) is 54.5 Å². The number of amides is 2. The number of nitrogens with one attached hydrogen (secondary N) is 1. The van der Waals surface area contributed by atoms with Gasteiger partial charge in [-0.3, -0.25) is 9.59 Å². The Hall–Kier alpha value is -1.82. The van der Waals surface area contributed by atoms with Gasteiger partial charge >= 0.3 is 0 Å². The van der Waals surface area contributed by atoms with Crippen molar-refractivity contribution in [2.75, 3.05) is 6.54 Å². The fraction of sp³-hybridized carbons (Fsp3) is 0.625. The molecule has 0 spiro atoms. The summed E-state index contributed by atoms with van der Waals surface area (Å²) in [5.41, 5.74) is 7.95. The first-order valence-corrected chi connectivity index (χ1v) is 7.72. The highest BCUT2D eigenvalue weighted by Crippen LogP contribution is 2.21. The van der Waals surface area contributed by atoms with E-state index in [9.17, 15) is 9.59 Å². The number of aryl methyl sites for hydroxylation is 1. The van der Waals surface area contributed by atoms with Crippen LogP contribution in [0.15, 0.2) is 6.07 Å². The number of aromatic nitrogens is 1. The third-order valence-corrected chi connectivity index (χ3v) is 4.16. The normalized spacial score (nSPS) is 21.3. The third-order valence-electron chi connectivity index (χ3n) is 4.16. The molecular weight excluding hydrogens is 282 g/mol. The van der Waals surface area contributed by atoms with Crippen molar-refractivity contribution in [1.29, 1.82) is 0 Å². The lowest BCUT2D eigenvalue weighted by atomic mass is 10.2. The summed E-state index contributed by atoms with van der Waals surface area (Å²) < 4.78 is 7.66. The summed E-state index contributed by atoms with van der Waals surface area (Å²) in [5, 5.41) is 2.89. The lowest BCUT2D eigenvalue weighted by Gasteiger charge is -2.14. The zero-order valence-corrected chi connectivity index (χ0v) is 13.7. The molecule has 0 aromatic carbocycles. The highest BCUT2D eigenvalue weighted by atomic mass is 16.5. The average Bonchev–Trinajstić information content (AvgIpc) is 3.01. The molecule has 122 valence electrons. The van der Waals surface area contributed by atoms with Crippen molar-refractivity contribution in [3.63, 3.8) is 0 Å². The molecule has 1 aromatic heterocycles. The molecule has 1 fully saturated rings. The topological polar surface area (TPSA) is 86.3 Å². The minimum Gasteiger partial charge on any atom is -0.367 e. The quantitative estimate of drug-likeness (QED) is 0.863. The monoisotopic (exact) mass is 307 g/mol. The molecular formula is C16H25N3O3. The second-order valence-electron chi connectivity index (χ2n) is 6.19.